The predicted molar refractivity (Wildman–Crippen MR) is 193 cm³/mol. The van der Waals surface area contributed by atoms with Crippen LogP contribution in [0.1, 0.15) is 55.7 Å². The molecule has 4 amide bonds. The summed E-state index contributed by atoms with van der Waals surface area (Å²) in [6.07, 6.45) is 3.76. The molecule has 1 N–H and O–H groups in total. The van der Waals surface area contributed by atoms with Gasteiger partial charge in [0.1, 0.15) is 6.04 Å². The van der Waals surface area contributed by atoms with Gasteiger partial charge in [-0.3, -0.25) is 19.3 Å². The van der Waals surface area contributed by atoms with Gasteiger partial charge in [0.2, 0.25) is 11.8 Å². The number of piperidine rings is 2. The van der Waals surface area contributed by atoms with E-state index in [9.17, 15) is 19.2 Å². The van der Waals surface area contributed by atoms with Crippen LogP contribution >= 0.6 is 11.6 Å². The lowest BCUT2D eigenvalue weighted by Crippen LogP contribution is -2.62. The molecular weight excluding hydrogens is 656 g/mol. The summed E-state index contributed by atoms with van der Waals surface area (Å²) >= 11 is 6.33. The number of hydrogen-bond acceptors (Lipinski definition) is 7. The Morgan fingerprint density at radius 1 is 0.940 bits per heavy atom. The highest BCUT2D eigenvalue weighted by Gasteiger charge is 2.41. The number of para-hydroxylation sites is 1. The lowest BCUT2D eigenvalue weighted by atomic mass is 9.91. The first kappa shape index (κ1) is 36.1. The Labute approximate surface area is 300 Å². The van der Waals surface area contributed by atoms with Crippen LogP contribution in [-0.4, -0.2) is 126 Å². The second kappa shape index (κ2) is 16.1. The van der Waals surface area contributed by atoms with Crippen LogP contribution in [0.3, 0.4) is 0 Å². The van der Waals surface area contributed by atoms with Crippen molar-refractivity contribution in [2.24, 2.45) is 5.92 Å². The number of nitrogens with zero attached hydrogens (tertiary/aromatic N) is 5. The van der Waals surface area contributed by atoms with E-state index in [1.54, 1.807) is 4.90 Å². The van der Waals surface area contributed by atoms with Gasteiger partial charge >= 0.3 is 12.0 Å². The van der Waals surface area contributed by atoms with Crippen LogP contribution in [-0.2, 0) is 32.1 Å². The number of likely N-dealkylation sites (tertiary alicyclic amines) is 2. The normalized spacial score (nSPS) is 21.8. The van der Waals surface area contributed by atoms with Crippen molar-refractivity contribution in [2.45, 2.75) is 77.0 Å². The first-order chi connectivity index (χ1) is 24.1. The lowest BCUT2D eigenvalue weighted by molar-refractivity contribution is -0.157. The molecular formula is C38H51ClN6O5. The van der Waals surface area contributed by atoms with E-state index in [1.807, 2.05) is 66.1 Å². The Balaban J connectivity index is 1.14. The molecule has 2 atom stereocenters. The van der Waals surface area contributed by atoms with E-state index in [0.717, 1.165) is 48.3 Å². The Hall–Kier alpha value is -3.67. The van der Waals surface area contributed by atoms with Gasteiger partial charge in [0.25, 0.3) is 0 Å². The largest absolute Gasteiger partial charge is 0.465 e. The summed E-state index contributed by atoms with van der Waals surface area (Å²) in [4.78, 5) is 64.6. The maximum absolute atomic E-state index is 14.4. The number of benzene rings is 2. The summed E-state index contributed by atoms with van der Waals surface area (Å²) in [5, 5.41) is 3.66. The van der Waals surface area contributed by atoms with E-state index in [-0.39, 0.29) is 55.5 Å². The maximum Gasteiger partial charge on any atom is 0.325 e. The van der Waals surface area contributed by atoms with Crippen LogP contribution < -0.4 is 5.32 Å². The SMILES string of the molecule is CCOC(=O)C1CN(C(=O)C(CC(=O)N2CCC(N3Cc4ccccc4NC3=O)CC2)Cc2ccc(Cl)c(C)c2)CCN1C1CCN(C)CC1. The fourth-order valence-corrected chi connectivity index (χ4v) is 8.23. The minimum atomic E-state index is -0.595. The van der Waals surface area contributed by atoms with Gasteiger partial charge in [0.05, 0.1) is 12.5 Å². The van der Waals surface area contributed by atoms with Gasteiger partial charge in [-0.15, -0.1) is 0 Å². The van der Waals surface area contributed by atoms with E-state index in [0.29, 0.717) is 57.0 Å². The smallest absolute Gasteiger partial charge is 0.325 e. The summed E-state index contributed by atoms with van der Waals surface area (Å²) in [7, 11) is 2.12. The molecule has 0 spiro atoms. The van der Waals surface area contributed by atoms with Crippen molar-refractivity contribution in [3.63, 3.8) is 0 Å². The number of esters is 1. The predicted octanol–water partition coefficient (Wildman–Crippen LogP) is 4.41. The topological polar surface area (TPSA) is 106 Å². The van der Waals surface area contributed by atoms with Crippen molar-refractivity contribution in [1.82, 2.24) is 24.5 Å². The number of nitrogens with one attached hydrogen (secondary N) is 1. The number of anilines is 1. The van der Waals surface area contributed by atoms with E-state index in [2.05, 4.69) is 22.2 Å². The van der Waals surface area contributed by atoms with Crippen molar-refractivity contribution in [3.8, 4) is 0 Å². The molecule has 2 aromatic carbocycles. The minimum Gasteiger partial charge on any atom is -0.465 e. The first-order valence-corrected chi connectivity index (χ1v) is 18.6. The number of aryl methyl sites for hydroxylation is 1. The summed E-state index contributed by atoms with van der Waals surface area (Å²) in [6, 6.07) is 13.3. The van der Waals surface area contributed by atoms with Gasteiger partial charge in [0, 0.05) is 68.5 Å². The zero-order valence-electron chi connectivity index (χ0n) is 29.6. The molecule has 6 rings (SSSR count). The summed E-state index contributed by atoms with van der Waals surface area (Å²) < 4.78 is 5.52. The van der Waals surface area contributed by atoms with Crippen molar-refractivity contribution >= 4 is 41.1 Å². The molecule has 4 aliphatic heterocycles. The third kappa shape index (κ3) is 8.27. The zero-order valence-corrected chi connectivity index (χ0v) is 30.4. The van der Waals surface area contributed by atoms with E-state index in [1.165, 1.54) is 0 Å². The van der Waals surface area contributed by atoms with Crippen molar-refractivity contribution in [1.29, 1.82) is 0 Å². The quantitative estimate of drug-likeness (QED) is 0.386. The average Bonchev–Trinajstić information content (AvgIpc) is 3.12. The Kier molecular flexibility index (Phi) is 11.7. The molecule has 0 saturated carbocycles. The van der Waals surface area contributed by atoms with Crippen LogP contribution in [0, 0.1) is 12.8 Å². The van der Waals surface area contributed by atoms with Gasteiger partial charge in [-0.1, -0.05) is 41.9 Å². The molecule has 0 bridgehead atoms. The molecule has 11 nitrogen and oxygen atoms in total. The van der Waals surface area contributed by atoms with Gasteiger partial charge in [-0.2, -0.15) is 0 Å². The second-order valence-electron chi connectivity index (χ2n) is 14.3. The van der Waals surface area contributed by atoms with E-state index < -0.39 is 12.0 Å². The molecule has 3 saturated heterocycles. The molecule has 4 heterocycles. The third-order valence-corrected chi connectivity index (χ3v) is 11.5. The number of urea groups is 1. The number of hydrogen-bond donors (Lipinski definition) is 1. The molecule has 4 aliphatic rings. The molecule has 0 aliphatic carbocycles. The second-order valence-corrected chi connectivity index (χ2v) is 14.7. The number of carbonyl (C=O) groups is 4. The highest BCUT2D eigenvalue weighted by Crippen LogP contribution is 2.30. The van der Waals surface area contributed by atoms with Crippen LogP contribution in [0.4, 0.5) is 10.5 Å². The Morgan fingerprint density at radius 2 is 1.66 bits per heavy atom. The summed E-state index contributed by atoms with van der Waals surface area (Å²) in [6.45, 7) is 8.91. The van der Waals surface area contributed by atoms with Crippen molar-refractivity contribution in [2.75, 3.05) is 64.8 Å². The molecule has 12 heteroatoms. The Bertz CT molecular complexity index is 1560. The molecule has 0 aromatic heterocycles. The van der Waals surface area contributed by atoms with E-state index in [4.69, 9.17) is 16.3 Å². The van der Waals surface area contributed by atoms with E-state index >= 15 is 0 Å². The summed E-state index contributed by atoms with van der Waals surface area (Å²) in [5.74, 6) is -1.06. The van der Waals surface area contributed by atoms with Gasteiger partial charge in [0.15, 0.2) is 0 Å². The van der Waals surface area contributed by atoms with Crippen LogP contribution in [0.5, 0.6) is 0 Å². The fourth-order valence-electron chi connectivity index (χ4n) is 8.12. The number of halogens is 1. The number of rotatable bonds is 9. The fraction of sp³-hybridized carbons (Fsp3) is 0.579. The Morgan fingerprint density at radius 3 is 2.38 bits per heavy atom. The first-order valence-electron chi connectivity index (χ1n) is 18.2. The number of amides is 4. The maximum atomic E-state index is 14.4. The van der Waals surface area contributed by atoms with Crippen LogP contribution in [0.15, 0.2) is 42.5 Å². The molecule has 3 fully saturated rings. The van der Waals surface area contributed by atoms with Gasteiger partial charge in [-0.05, 0) is 94.9 Å². The van der Waals surface area contributed by atoms with Crippen LogP contribution in [0.25, 0.3) is 0 Å². The highest BCUT2D eigenvalue weighted by molar-refractivity contribution is 6.31. The average molecular weight is 707 g/mol. The number of carbonyl (C=O) groups excluding carboxylic acids is 4. The molecule has 2 aromatic rings. The monoisotopic (exact) mass is 706 g/mol. The highest BCUT2D eigenvalue weighted by atomic mass is 35.5. The lowest BCUT2D eigenvalue weighted by Gasteiger charge is -2.46. The minimum absolute atomic E-state index is 0.0301. The standard InChI is InChI=1S/C38H51ClN6O5/c1-4-50-37(48)34-25-43(19-20-44(34)30-11-15-41(3)16-12-30)36(47)29(22-27-9-10-32(39)26(2)21-27)23-35(46)42-17-13-31(14-18-42)45-24-28-7-5-6-8-33(28)40-38(45)49/h5-10,21,29-31,34H,4,11-20,22-25H2,1-3H3,(H,40,49). The number of ether oxygens (including phenoxy) is 1. The van der Waals surface area contributed by atoms with Crippen molar-refractivity contribution in [3.05, 3.63) is 64.2 Å². The number of piperazine rings is 1. The summed E-state index contributed by atoms with van der Waals surface area (Å²) in [5.41, 5.74) is 3.80. The van der Waals surface area contributed by atoms with Crippen LogP contribution in [0.2, 0.25) is 5.02 Å². The van der Waals surface area contributed by atoms with Gasteiger partial charge < -0.3 is 29.7 Å². The van der Waals surface area contributed by atoms with Gasteiger partial charge in [-0.25, -0.2) is 4.79 Å². The third-order valence-electron chi connectivity index (χ3n) is 11.0. The zero-order chi connectivity index (χ0) is 35.4. The number of fused-ring (bicyclic) bond motifs is 1. The van der Waals surface area contributed by atoms with Crippen molar-refractivity contribution < 1.29 is 23.9 Å². The molecule has 0 radical (unpaired) electrons. The molecule has 50 heavy (non-hydrogen) atoms. The molecule has 2 unspecified atom stereocenters. The molecule has 270 valence electrons.